The minimum Gasteiger partial charge on any atom is -0.428 e. The van der Waals surface area contributed by atoms with Crippen LogP contribution in [0.15, 0.2) is 43.0 Å². The largest absolute Gasteiger partial charge is 0.428 e. The van der Waals surface area contributed by atoms with Gasteiger partial charge >= 0.3 is 6.92 Å². The number of hydrogen-bond donors (Lipinski definition) is 0. The lowest BCUT2D eigenvalue weighted by Crippen LogP contribution is -2.29. The molecule has 1 saturated heterocycles. The molecule has 1 aliphatic heterocycles. The molecule has 14 heavy (non-hydrogen) atoms. The van der Waals surface area contributed by atoms with E-state index in [0.29, 0.717) is 12.0 Å². The maximum absolute atomic E-state index is 5.88. The van der Waals surface area contributed by atoms with Crippen molar-refractivity contribution in [2.75, 3.05) is 0 Å². The van der Waals surface area contributed by atoms with Crippen LogP contribution in [0.2, 0.25) is 6.32 Å². The lowest BCUT2D eigenvalue weighted by atomic mass is 9.58. The van der Waals surface area contributed by atoms with E-state index < -0.39 is 0 Å². The Morgan fingerprint density at radius 3 is 2.71 bits per heavy atom. The Hall–Kier alpha value is -1.02. The Kier molecular flexibility index (Phi) is 2.73. The predicted octanol–water partition coefficient (Wildman–Crippen LogP) is 2.11. The van der Waals surface area contributed by atoms with Gasteiger partial charge in [0.1, 0.15) is 0 Å². The fraction of sp³-hybridized carbons (Fsp3) is 0.333. The number of rotatable bonds is 2. The van der Waals surface area contributed by atoms with E-state index in [2.05, 4.69) is 37.8 Å². The van der Waals surface area contributed by atoms with Crippen LogP contribution in [0.1, 0.15) is 6.92 Å². The summed E-state index contributed by atoms with van der Waals surface area (Å²) in [5.41, 5.74) is 1.28. The molecule has 0 aromatic heterocycles. The van der Waals surface area contributed by atoms with Crippen LogP contribution in [0.3, 0.4) is 0 Å². The van der Waals surface area contributed by atoms with Gasteiger partial charge in [-0.05, 0) is 24.6 Å². The van der Waals surface area contributed by atoms with Gasteiger partial charge in [-0.3, -0.25) is 0 Å². The molecule has 0 radical (unpaired) electrons. The van der Waals surface area contributed by atoms with E-state index in [1.54, 1.807) is 0 Å². The summed E-state index contributed by atoms with van der Waals surface area (Å²) in [7, 11) is 0. The van der Waals surface area contributed by atoms with Gasteiger partial charge in [-0.1, -0.05) is 36.4 Å². The molecule has 1 aromatic carbocycles. The van der Waals surface area contributed by atoms with Crippen molar-refractivity contribution in [2.24, 2.45) is 5.92 Å². The van der Waals surface area contributed by atoms with E-state index in [1.165, 1.54) is 5.46 Å². The van der Waals surface area contributed by atoms with Crippen LogP contribution in [-0.2, 0) is 4.65 Å². The molecule has 2 heteroatoms. The summed E-state index contributed by atoms with van der Waals surface area (Å²) in [6.07, 6.45) is 3.38. The molecule has 0 bridgehead atoms. The Balaban J connectivity index is 2.12. The first kappa shape index (κ1) is 9.54. The molecular formula is C12H15BO. The van der Waals surface area contributed by atoms with Crippen LogP contribution in [0.4, 0.5) is 0 Å². The summed E-state index contributed by atoms with van der Waals surface area (Å²) < 4.78 is 5.88. The van der Waals surface area contributed by atoms with E-state index in [4.69, 9.17) is 4.65 Å². The fourth-order valence-corrected chi connectivity index (χ4v) is 2.02. The molecule has 1 aromatic rings. The first-order chi connectivity index (χ1) is 6.81. The zero-order chi connectivity index (χ0) is 9.97. The second-order valence-corrected chi connectivity index (χ2v) is 3.88. The van der Waals surface area contributed by atoms with Gasteiger partial charge in [-0.25, -0.2) is 0 Å². The summed E-state index contributed by atoms with van der Waals surface area (Å²) >= 11 is 0. The molecule has 0 saturated carbocycles. The summed E-state index contributed by atoms with van der Waals surface area (Å²) in [6, 6.07) is 10.4. The van der Waals surface area contributed by atoms with Crippen molar-refractivity contribution in [1.29, 1.82) is 0 Å². The zero-order valence-electron chi connectivity index (χ0n) is 8.52. The zero-order valence-corrected chi connectivity index (χ0v) is 8.52. The summed E-state index contributed by atoms with van der Waals surface area (Å²) in [4.78, 5) is 0. The minimum absolute atomic E-state index is 0.259. The maximum Gasteiger partial charge on any atom is 0.327 e. The van der Waals surface area contributed by atoms with Crippen LogP contribution >= 0.6 is 0 Å². The van der Waals surface area contributed by atoms with Crippen molar-refractivity contribution >= 4 is 12.4 Å². The molecule has 0 amide bonds. The van der Waals surface area contributed by atoms with Gasteiger partial charge in [0.05, 0.1) is 0 Å². The lowest BCUT2D eigenvalue weighted by molar-refractivity contribution is 0.228. The predicted molar refractivity (Wildman–Crippen MR) is 60.9 cm³/mol. The van der Waals surface area contributed by atoms with Crippen molar-refractivity contribution in [2.45, 2.75) is 19.3 Å². The van der Waals surface area contributed by atoms with Gasteiger partial charge in [0.2, 0.25) is 0 Å². The van der Waals surface area contributed by atoms with Gasteiger partial charge in [0, 0.05) is 6.10 Å². The van der Waals surface area contributed by atoms with Gasteiger partial charge in [0.15, 0.2) is 0 Å². The molecule has 0 spiro atoms. The highest BCUT2D eigenvalue weighted by Gasteiger charge is 2.34. The molecule has 1 fully saturated rings. The molecular weight excluding hydrogens is 171 g/mol. The maximum atomic E-state index is 5.88. The van der Waals surface area contributed by atoms with Crippen molar-refractivity contribution in [1.82, 2.24) is 0 Å². The number of hydrogen-bond acceptors (Lipinski definition) is 1. The van der Waals surface area contributed by atoms with E-state index in [1.807, 2.05) is 12.1 Å². The van der Waals surface area contributed by atoms with Crippen LogP contribution < -0.4 is 5.46 Å². The topological polar surface area (TPSA) is 9.23 Å². The Morgan fingerprint density at radius 2 is 2.14 bits per heavy atom. The molecule has 2 rings (SSSR count). The number of benzene rings is 1. The Bertz CT molecular complexity index is 309. The highest BCUT2D eigenvalue weighted by molar-refractivity contribution is 6.68. The molecule has 2 atom stereocenters. The second-order valence-electron chi connectivity index (χ2n) is 3.88. The SMILES string of the molecule is C=C[C@@H]1CB(c2ccccc2)O[C@H]1C. The first-order valence-electron chi connectivity index (χ1n) is 5.14. The molecule has 0 N–H and O–H groups in total. The smallest absolute Gasteiger partial charge is 0.327 e. The van der Waals surface area contributed by atoms with Gasteiger partial charge in [-0.2, -0.15) is 0 Å². The van der Waals surface area contributed by atoms with Gasteiger partial charge in [-0.15, -0.1) is 6.58 Å². The van der Waals surface area contributed by atoms with Crippen molar-refractivity contribution < 1.29 is 4.65 Å². The summed E-state index contributed by atoms with van der Waals surface area (Å²) in [6.45, 7) is 6.22. The third kappa shape index (κ3) is 1.75. The summed E-state index contributed by atoms with van der Waals surface area (Å²) in [5.74, 6) is 0.500. The summed E-state index contributed by atoms with van der Waals surface area (Å²) in [5, 5.41) is 0. The average molecular weight is 186 g/mol. The van der Waals surface area contributed by atoms with E-state index >= 15 is 0 Å². The minimum atomic E-state index is 0.259. The average Bonchev–Trinajstić information content (AvgIpc) is 2.61. The third-order valence-corrected chi connectivity index (χ3v) is 2.94. The quantitative estimate of drug-likeness (QED) is 0.507. The standard InChI is InChI=1S/C12H15BO/c1-3-11-9-13(14-10(11)2)12-7-5-4-6-8-12/h3-8,10-11H,1,9H2,2H3/t10-,11+/m0/s1. The van der Waals surface area contributed by atoms with E-state index in [-0.39, 0.29) is 6.92 Å². The van der Waals surface area contributed by atoms with Crippen LogP contribution in [0.25, 0.3) is 0 Å². The fourth-order valence-electron chi connectivity index (χ4n) is 2.02. The van der Waals surface area contributed by atoms with Crippen LogP contribution in [0.5, 0.6) is 0 Å². The highest BCUT2D eigenvalue weighted by atomic mass is 16.5. The van der Waals surface area contributed by atoms with Crippen molar-refractivity contribution in [3.8, 4) is 0 Å². The lowest BCUT2D eigenvalue weighted by Gasteiger charge is -2.09. The highest BCUT2D eigenvalue weighted by Crippen LogP contribution is 2.25. The Labute approximate surface area is 85.9 Å². The molecule has 1 heterocycles. The molecule has 72 valence electrons. The monoisotopic (exact) mass is 186 g/mol. The van der Waals surface area contributed by atoms with E-state index in [9.17, 15) is 0 Å². The Morgan fingerprint density at radius 1 is 1.43 bits per heavy atom. The van der Waals surface area contributed by atoms with Crippen molar-refractivity contribution in [3.63, 3.8) is 0 Å². The first-order valence-corrected chi connectivity index (χ1v) is 5.14. The molecule has 0 aliphatic carbocycles. The molecule has 1 nitrogen and oxygen atoms in total. The van der Waals surface area contributed by atoms with Gasteiger partial charge in [0.25, 0.3) is 0 Å². The van der Waals surface area contributed by atoms with Crippen LogP contribution in [0, 0.1) is 5.92 Å². The van der Waals surface area contributed by atoms with Crippen molar-refractivity contribution in [3.05, 3.63) is 43.0 Å². The van der Waals surface area contributed by atoms with E-state index in [0.717, 1.165) is 6.32 Å². The molecule has 1 aliphatic rings. The van der Waals surface area contributed by atoms with Crippen LogP contribution in [-0.4, -0.2) is 13.0 Å². The normalized spacial score (nSPS) is 26.5. The van der Waals surface area contributed by atoms with Gasteiger partial charge < -0.3 is 4.65 Å². The molecule has 0 unspecified atom stereocenters. The third-order valence-electron chi connectivity index (χ3n) is 2.94. The second kappa shape index (κ2) is 4.01.